The summed E-state index contributed by atoms with van der Waals surface area (Å²) in [4.78, 5) is 14.4. The molecule has 1 amide bonds. The Morgan fingerprint density at radius 3 is 2.40 bits per heavy atom. The lowest BCUT2D eigenvalue weighted by molar-refractivity contribution is -0.138. The Kier molecular flexibility index (Phi) is 8.23. The van der Waals surface area contributed by atoms with Gasteiger partial charge in [-0.05, 0) is 38.6 Å². The van der Waals surface area contributed by atoms with Crippen LogP contribution in [0.3, 0.4) is 0 Å². The van der Waals surface area contributed by atoms with Gasteiger partial charge >= 0.3 is 0 Å². The van der Waals surface area contributed by atoms with Crippen LogP contribution < -0.4 is 5.73 Å². The van der Waals surface area contributed by atoms with E-state index in [-0.39, 0.29) is 17.9 Å². The number of amides is 1. The Labute approximate surface area is 122 Å². The highest BCUT2D eigenvalue weighted by Gasteiger charge is 2.27. The van der Waals surface area contributed by atoms with E-state index in [1.54, 1.807) is 0 Å². The lowest BCUT2D eigenvalue weighted by Gasteiger charge is -2.34. The van der Waals surface area contributed by atoms with Crippen LogP contribution in [-0.2, 0) is 9.53 Å². The number of likely N-dealkylation sites (tertiary alicyclic amines) is 1. The number of ether oxygens (including phenoxy) is 1. The van der Waals surface area contributed by atoms with Crippen molar-refractivity contribution in [2.75, 3.05) is 26.2 Å². The van der Waals surface area contributed by atoms with Crippen molar-refractivity contribution in [2.45, 2.75) is 38.2 Å². The fourth-order valence-corrected chi connectivity index (χ4v) is 2.53. The summed E-state index contributed by atoms with van der Waals surface area (Å²) in [6, 6.07) is 0. The second-order valence-corrected chi connectivity index (χ2v) is 5.28. The third kappa shape index (κ3) is 5.47. The molecule has 0 aromatic rings. The molecule has 1 fully saturated rings. The minimum absolute atomic E-state index is 0.000270. The van der Waals surface area contributed by atoms with E-state index < -0.39 is 0 Å². The quantitative estimate of drug-likeness (QED) is 0.520. The zero-order valence-corrected chi connectivity index (χ0v) is 12.4. The molecule has 4 nitrogen and oxygen atoms in total. The molecular weight excluding hydrogens is 252 g/mol. The van der Waals surface area contributed by atoms with Gasteiger partial charge in [0.05, 0.1) is 6.10 Å². The first-order chi connectivity index (χ1) is 9.72. The van der Waals surface area contributed by atoms with Crippen molar-refractivity contribution in [3.8, 4) is 0 Å². The van der Waals surface area contributed by atoms with Gasteiger partial charge in [-0.2, -0.15) is 0 Å². The Hall–Kier alpha value is -1.13. The Morgan fingerprint density at radius 2 is 1.90 bits per heavy atom. The first-order valence-electron chi connectivity index (χ1n) is 7.55. The number of rotatable bonds is 9. The summed E-state index contributed by atoms with van der Waals surface area (Å²) >= 11 is 0. The summed E-state index contributed by atoms with van der Waals surface area (Å²) in [5.74, 6) is 0.227. The second kappa shape index (κ2) is 9.72. The molecule has 4 heteroatoms. The van der Waals surface area contributed by atoms with E-state index in [0.29, 0.717) is 6.54 Å². The molecule has 0 bridgehead atoms. The van der Waals surface area contributed by atoms with Crippen molar-refractivity contribution in [3.05, 3.63) is 25.3 Å². The van der Waals surface area contributed by atoms with Crippen molar-refractivity contribution in [1.82, 2.24) is 4.90 Å². The van der Waals surface area contributed by atoms with Crippen LogP contribution in [0.25, 0.3) is 0 Å². The highest BCUT2D eigenvalue weighted by atomic mass is 16.5. The van der Waals surface area contributed by atoms with Crippen molar-refractivity contribution >= 4 is 5.91 Å². The van der Waals surface area contributed by atoms with Crippen LogP contribution in [0.4, 0.5) is 0 Å². The van der Waals surface area contributed by atoms with Gasteiger partial charge in [0.15, 0.2) is 0 Å². The lowest BCUT2D eigenvalue weighted by Crippen LogP contribution is -2.43. The first kappa shape index (κ1) is 16.9. The standard InChI is InChI=1S/C16H28N2O2/c1-3-6-14(7-4-2)16(19)18-11-8-15(9-12-18)20-13-5-10-17/h3-4,14-15H,1-2,5-13,17H2. The highest BCUT2D eigenvalue weighted by Crippen LogP contribution is 2.19. The maximum Gasteiger partial charge on any atom is 0.226 e. The number of carbonyl (C=O) groups is 1. The summed E-state index contributed by atoms with van der Waals surface area (Å²) in [5, 5.41) is 0. The van der Waals surface area contributed by atoms with Crippen LogP contribution in [0.2, 0.25) is 0 Å². The maximum absolute atomic E-state index is 12.4. The van der Waals surface area contributed by atoms with Crippen LogP contribution in [-0.4, -0.2) is 43.2 Å². The summed E-state index contributed by atoms with van der Waals surface area (Å²) in [6.07, 6.45) is 8.10. The van der Waals surface area contributed by atoms with E-state index in [1.165, 1.54) is 0 Å². The van der Waals surface area contributed by atoms with Gasteiger partial charge in [-0.15, -0.1) is 13.2 Å². The Balaban J connectivity index is 2.37. The molecule has 0 spiro atoms. The number of hydrogen-bond acceptors (Lipinski definition) is 3. The smallest absolute Gasteiger partial charge is 0.226 e. The van der Waals surface area contributed by atoms with Crippen LogP contribution in [0.1, 0.15) is 32.1 Å². The van der Waals surface area contributed by atoms with E-state index in [1.807, 2.05) is 17.1 Å². The number of carbonyl (C=O) groups excluding carboxylic acids is 1. The summed E-state index contributed by atoms with van der Waals surface area (Å²) in [7, 11) is 0. The molecule has 1 saturated heterocycles. The molecule has 1 heterocycles. The van der Waals surface area contributed by atoms with Crippen LogP contribution in [0.15, 0.2) is 25.3 Å². The second-order valence-electron chi connectivity index (χ2n) is 5.28. The van der Waals surface area contributed by atoms with E-state index >= 15 is 0 Å². The average Bonchev–Trinajstić information content (AvgIpc) is 2.47. The summed E-state index contributed by atoms with van der Waals surface area (Å²) < 4.78 is 5.76. The Morgan fingerprint density at radius 1 is 1.30 bits per heavy atom. The zero-order valence-electron chi connectivity index (χ0n) is 12.4. The molecule has 0 aromatic carbocycles. The third-order valence-corrected chi connectivity index (χ3v) is 3.71. The number of allylic oxidation sites excluding steroid dienone is 2. The highest BCUT2D eigenvalue weighted by molar-refractivity contribution is 5.79. The van der Waals surface area contributed by atoms with E-state index in [2.05, 4.69) is 13.2 Å². The molecule has 1 aliphatic rings. The molecule has 2 N–H and O–H groups in total. The fraction of sp³-hybridized carbons (Fsp3) is 0.688. The minimum atomic E-state index is -0.000270. The molecule has 0 atom stereocenters. The Bertz CT molecular complexity index is 300. The monoisotopic (exact) mass is 280 g/mol. The van der Waals surface area contributed by atoms with Gasteiger partial charge < -0.3 is 15.4 Å². The summed E-state index contributed by atoms with van der Waals surface area (Å²) in [5.41, 5.74) is 5.45. The normalized spacial score (nSPS) is 16.4. The molecule has 114 valence electrons. The minimum Gasteiger partial charge on any atom is -0.378 e. The maximum atomic E-state index is 12.4. The molecule has 0 saturated carbocycles. The number of nitrogens with zero attached hydrogens (tertiary/aromatic N) is 1. The van der Waals surface area contributed by atoms with Crippen molar-refractivity contribution < 1.29 is 9.53 Å². The van der Waals surface area contributed by atoms with Gasteiger partial charge in [0.2, 0.25) is 5.91 Å². The van der Waals surface area contributed by atoms with Gasteiger partial charge in [-0.3, -0.25) is 4.79 Å². The van der Waals surface area contributed by atoms with E-state index in [9.17, 15) is 4.79 Å². The van der Waals surface area contributed by atoms with Crippen LogP contribution >= 0.6 is 0 Å². The van der Waals surface area contributed by atoms with E-state index in [4.69, 9.17) is 10.5 Å². The molecule has 20 heavy (non-hydrogen) atoms. The van der Waals surface area contributed by atoms with Crippen LogP contribution in [0.5, 0.6) is 0 Å². The van der Waals surface area contributed by atoms with Crippen molar-refractivity contribution in [2.24, 2.45) is 11.7 Å². The predicted molar refractivity (Wildman–Crippen MR) is 82.3 cm³/mol. The molecule has 1 rings (SSSR count). The van der Waals surface area contributed by atoms with Crippen molar-refractivity contribution in [1.29, 1.82) is 0 Å². The van der Waals surface area contributed by atoms with Gasteiger partial charge in [-0.25, -0.2) is 0 Å². The molecule has 0 unspecified atom stereocenters. The SMILES string of the molecule is C=CCC(CC=C)C(=O)N1CCC(OCCCN)CC1. The lowest BCUT2D eigenvalue weighted by atomic mass is 9.97. The van der Waals surface area contributed by atoms with Gasteiger partial charge in [0, 0.05) is 25.6 Å². The third-order valence-electron chi connectivity index (χ3n) is 3.71. The molecule has 0 radical (unpaired) electrons. The first-order valence-corrected chi connectivity index (χ1v) is 7.55. The average molecular weight is 280 g/mol. The topological polar surface area (TPSA) is 55.6 Å². The molecule has 0 aliphatic carbocycles. The molecule has 0 aromatic heterocycles. The number of piperidine rings is 1. The molecular formula is C16H28N2O2. The number of hydrogen-bond donors (Lipinski definition) is 1. The predicted octanol–water partition coefficient (Wildman–Crippen LogP) is 2.11. The molecule has 1 aliphatic heterocycles. The number of nitrogens with two attached hydrogens (primary N) is 1. The van der Waals surface area contributed by atoms with E-state index in [0.717, 1.165) is 51.8 Å². The van der Waals surface area contributed by atoms with Crippen LogP contribution in [0, 0.1) is 5.92 Å². The largest absolute Gasteiger partial charge is 0.378 e. The van der Waals surface area contributed by atoms with Gasteiger partial charge in [0.25, 0.3) is 0 Å². The van der Waals surface area contributed by atoms with Crippen molar-refractivity contribution in [3.63, 3.8) is 0 Å². The zero-order chi connectivity index (χ0) is 14.8. The summed E-state index contributed by atoms with van der Waals surface area (Å²) in [6.45, 7) is 10.4. The fourth-order valence-electron chi connectivity index (χ4n) is 2.53. The van der Waals surface area contributed by atoms with Gasteiger partial charge in [-0.1, -0.05) is 12.2 Å². The van der Waals surface area contributed by atoms with Gasteiger partial charge in [0.1, 0.15) is 0 Å².